The van der Waals surface area contributed by atoms with Crippen molar-refractivity contribution in [3.05, 3.63) is 87.3 Å². The predicted molar refractivity (Wildman–Crippen MR) is 96.9 cm³/mol. The van der Waals surface area contributed by atoms with E-state index in [-0.39, 0.29) is 15.6 Å². The number of halogens is 1. The van der Waals surface area contributed by atoms with Crippen molar-refractivity contribution in [2.45, 2.75) is 17.6 Å². The summed E-state index contributed by atoms with van der Waals surface area (Å²) in [4.78, 5) is 12.8. The average Bonchev–Trinajstić information content (AvgIpc) is 2.59. The minimum atomic E-state index is -3.67. The van der Waals surface area contributed by atoms with E-state index in [1.165, 1.54) is 18.2 Å². The van der Waals surface area contributed by atoms with E-state index in [4.69, 9.17) is 11.6 Å². The molecular formula is C18H15ClN2O3S. The Bertz CT molecular complexity index is 1060. The third kappa shape index (κ3) is 3.81. The molecule has 7 heteroatoms. The van der Waals surface area contributed by atoms with Gasteiger partial charge in [-0.05, 0) is 37.3 Å². The van der Waals surface area contributed by atoms with Gasteiger partial charge in [0.1, 0.15) is 0 Å². The van der Waals surface area contributed by atoms with Crippen LogP contribution < -0.4 is 5.56 Å². The lowest BCUT2D eigenvalue weighted by Gasteiger charge is -2.09. The van der Waals surface area contributed by atoms with Crippen LogP contribution in [0, 0.1) is 6.92 Å². The van der Waals surface area contributed by atoms with Gasteiger partial charge in [0.2, 0.25) is 0 Å². The molecule has 25 heavy (non-hydrogen) atoms. The van der Waals surface area contributed by atoms with Crippen molar-refractivity contribution in [3.63, 3.8) is 0 Å². The summed E-state index contributed by atoms with van der Waals surface area (Å²) in [5.74, 6) is -0.441. The average molecular weight is 375 g/mol. The Labute approximate surface area is 150 Å². The van der Waals surface area contributed by atoms with Crippen LogP contribution in [0.3, 0.4) is 0 Å². The summed E-state index contributed by atoms with van der Waals surface area (Å²) in [6.45, 7) is 1.87. The Balaban J connectivity index is 2.05. The van der Waals surface area contributed by atoms with Crippen LogP contribution in [0.25, 0.3) is 5.69 Å². The summed E-state index contributed by atoms with van der Waals surface area (Å²) in [6, 6.07) is 16.5. The van der Waals surface area contributed by atoms with Crippen molar-refractivity contribution >= 4 is 21.4 Å². The molecule has 0 aliphatic heterocycles. The Morgan fingerprint density at radius 1 is 1.04 bits per heavy atom. The van der Waals surface area contributed by atoms with Crippen molar-refractivity contribution in [1.82, 2.24) is 9.78 Å². The van der Waals surface area contributed by atoms with Gasteiger partial charge in [0.15, 0.2) is 15.0 Å². The van der Waals surface area contributed by atoms with E-state index in [0.29, 0.717) is 5.69 Å². The van der Waals surface area contributed by atoms with Gasteiger partial charge >= 0.3 is 0 Å². The molecule has 1 heterocycles. The van der Waals surface area contributed by atoms with Gasteiger partial charge in [-0.15, -0.1) is 0 Å². The third-order valence-corrected chi connectivity index (χ3v) is 5.55. The zero-order valence-corrected chi connectivity index (χ0v) is 15.0. The first-order chi connectivity index (χ1) is 11.9. The molecule has 5 nitrogen and oxygen atoms in total. The number of aryl methyl sites for hydroxylation is 1. The van der Waals surface area contributed by atoms with E-state index < -0.39 is 21.1 Å². The maximum Gasteiger partial charge on any atom is 0.275 e. The van der Waals surface area contributed by atoms with Gasteiger partial charge in [-0.3, -0.25) is 4.79 Å². The van der Waals surface area contributed by atoms with Gasteiger partial charge in [-0.2, -0.15) is 9.78 Å². The molecule has 3 rings (SSSR count). The van der Waals surface area contributed by atoms with Crippen molar-refractivity contribution in [2.24, 2.45) is 0 Å². The summed E-state index contributed by atoms with van der Waals surface area (Å²) >= 11 is 6.00. The maximum atomic E-state index is 12.7. The highest BCUT2D eigenvalue weighted by molar-refractivity contribution is 7.90. The van der Waals surface area contributed by atoms with Crippen LogP contribution in [0.4, 0.5) is 0 Å². The second kappa shape index (κ2) is 6.82. The molecule has 0 spiro atoms. The van der Waals surface area contributed by atoms with Gasteiger partial charge in [0.05, 0.1) is 16.3 Å². The fourth-order valence-electron chi connectivity index (χ4n) is 2.39. The van der Waals surface area contributed by atoms with E-state index in [0.717, 1.165) is 10.2 Å². The van der Waals surface area contributed by atoms with Gasteiger partial charge in [-0.25, -0.2) is 8.42 Å². The maximum absolute atomic E-state index is 12.7. The van der Waals surface area contributed by atoms with Crippen molar-refractivity contribution in [1.29, 1.82) is 0 Å². The van der Waals surface area contributed by atoms with Crippen molar-refractivity contribution < 1.29 is 8.42 Å². The number of para-hydroxylation sites is 1. The van der Waals surface area contributed by atoms with Crippen LogP contribution in [0.2, 0.25) is 5.15 Å². The van der Waals surface area contributed by atoms with Crippen molar-refractivity contribution in [2.75, 3.05) is 0 Å². The number of nitrogens with zero attached hydrogens (tertiary/aromatic N) is 2. The second-order valence-corrected chi connectivity index (χ2v) is 7.99. The molecule has 2 aromatic carbocycles. The molecule has 0 aliphatic rings. The number of benzene rings is 2. The van der Waals surface area contributed by atoms with E-state index in [1.807, 2.05) is 13.0 Å². The molecule has 0 aliphatic carbocycles. The van der Waals surface area contributed by atoms with Crippen LogP contribution in [0.1, 0.15) is 11.1 Å². The first-order valence-electron chi connectivity index (χ1n) is 7.50. The molecule has 0 saturated carbocycles. The Morgan fingerprint density at radius 2 is 1.68 bits per heavy atom. The highest BCUT2D eigenvalue weighted by Gasteiger charge is 2.19. The molecule has 0 unspecified atom stereocenters. The van der Waals surface area contributed by atoms with E-state index in [2.05, 4.69) is 5.10 Å². The normalized spacial score (nSPS) is 11.4. The van der Waals surface area contributed by atoms with Gasteiger partial charge < -0.3 is 0 Å². The molecule has 3 aromatic rings. The minimum Gasteiger partial charge on any atom is -0.267 e. The zero-order chi connectivity index (χ0) is 18.0. The van der Waals surface area contributed by atoms with Crippen LogP contribution in [-0.4, -0.2) is 18.2 Å². The summed E-state index contributed by atoms with van der Waals surface area (Å²) in [5, 5.41) is 4.05. The summed E-state index contributed by atoms with van der Waals surface area (Å²) in [7, 11) is -3.67. The first kappa shape index (κ1) is 17.4. The molecule has 0 amide bonds. The monoisotopic (exact) mass is 374 g/mol. The van der Waals surface area contributed by atoms with E-state index >= 15 is 0 Å². The second-order valence-electron chi connectivity index (χ2n) is 5.62. The summed E-state index contributed by atoms with van der Waals surface area (Å²) in [6.07, 6.45) is 0. The quantitative estimate of drug-likeness (QED) is 0.703. The van der Waals surface area contributed by atoms with Crippen LogP contribution in [-0.2, 0) is 15.6 Å². The topological polar surface area (TPSA) is 69.0 Å². The van der Waals surface area contributed by atoms with Crippen molar-refractivity contribution in [3.8, 4) is 5.69 Å². The lowest BCUT2D eigenvalue weighted by Crippen LogP contribution is -2.26. The highest BCUT2D eigenvalue weighted by atomic mass is 35.5. The highest BCUT2D eigenvalue weighted by Crippen LogP contribution is 2.17. The van der Waals surface area contributed by atoms with Crippen LogP contribution in [0.15, 0.2) is 70.4 Å². The SMILES string of the molecule is Cc1ccc(S(=O)(=O)Cc2cc(Cl)nn(-c3ccccc3)c2=O)cc1. The molecule has 0 bridgehead atoms. The molecule has 0 fully saturated rings. The molecule has 128 valence electrons. The molecule has 0 radical (unpaired) electrons. The number of aromatic nitrogens is 2. The minimum absolute atomic E-state index is 0.0533. The third-order valence-electron chi connectivity index (χ3n) is 3.68. The van der Waals surface area contributed by atoms with Crippen LogP contribution >= 0.6 is 11.6 Å². The lowest BCUT2D eigenvalue weighted by molar-refractivity contribution is 0.594. The molecule has 0 atom stereocenters. The Morgan fingerprint density at radius 3 is 2.32 bits per heavy atom. The lowest BCUT2D eigenvalue weighted by atomic mass is 10.2. The molecule has 0 saturated heterocycles. The first-order valence-corrected chi connectivity index (χ1v) is 9.53. The number of hydrogen-bond acceptors (Lipinski definition) is 4. The molecule has 1 aromatic heterocycles. The van der Waals surface area contributed by atoms with E-state index in [1.54, 1.807) is 36.4 Å². The van der Waals surface area contributed by atoms with Gasteiger partial charge in [-0.1, -0.05) is 47.5 Å². The molecule has 0 N–H and O–H groups in total. The number of hydrogen-bond donors (Lipinski definition) is 0. The predicted octanol–water partition coefficient (Wildman–Crippen LogP) is 3.17. The standard InChI is InChI=1S/C18H15ClN2O3S/c1-13-7-9-16(10-8-13)25(23,24)12-14-11-17(19)20-21(18(14)22)15-5-3-2-4-6-15/h2-11H,12H2,1H3. The fraction of sp³-hybridized carbons (Fsp3) is 0.111. The molecular weight excluding hydrogens is 360 g/mol. The van der Waals surface area contributed by atoms with Gasteiger partial charge in [0, 0.05) is 5.56 Å². The smallest absolute Gasteiger partial charge is 0.267 e. The van der Waals surface area contributed by atoms with Gasteiger partial charge in [0.25, 0.3) is 5.56 Å². The fourth-order valence-corrected chi connectivity index (χ4v) is 3.93. The van der Waals surface area contributed by atoms with Crippen LogP contribution in [0.5, 0.6) is 0 Å². The Hall–Kier alpha value is -2.44. The number of rotatable bonds is 4. The largest absolute Gasteiger partial charge is 0.275 e. The zero-order valence-electron chi connectivity index (χ0n) is 13.4. The van der Waals surface area contributed by atoms with E-state index in [9.17, 15) is 13.2 Å². The number of sulfone groups is 1. The summed E-state index contributed by atoms with van der Waals surface area (Å²) < 4.78 is 26.3. The summed E-state index contributed by atoms with van der Waals surface area (Å²) in [5.41, 5.74) is 1.04. The Kier molecular flexibility index (Phi) is 4.74.